The fourth-order valence-corrected chi connectivity index (χ4v) is 1.85. The molecule has 100 valence electrons. The van der Waals surface area contributed by atoms with Crippen LogP contribution in [0.25, 0.3) is 0 Å². The third-order valence-electron chi connectivity index (χ3n) is 2.86. The molecule has 0 saturated heterocycles. The Morgan fingerprint density at radius 3 is 2.72 bits per heavy atom. The zero-order chi connectivity index (χ0) is 13.5. The van der Waals surface area contributed by atoms with Crippen LogP contribution >= 0.6 is 0 Å². The number of carbonyl (C=O) groups is 1. The molecule has 18 heavy (non-hydrogen) atoms. The third-order valence-corrected chi connectivity index (χ3v) is 2.86. The summed E-state index contributed by atoms with van der Waals surface area (Å²) in [7, 11) is 1.99. The van der Waals surface area contributed by atoms with Crippen LogP contribution in [0, 0.1) is 12.7 Å². The van der Waals surface area contributed by atoms with Crippen LogP contribution in [0.5, 0.6) is 0 Å². The van der Waals surface area contributed by atoms with Crippen molar-refractivity contribution in [2.45, 2.75) is 32.7 Å². The molecule has 1 aromatic rings. The summed E-state index contributed by atoms with van der Waals surface area (Å²) in [6, 6.07) is 5.13. The highest BCUT2D eigenvalue weighted by Crippen LogP contribution is 2.11. The van der Waals surface area contributed by atoms with Crippen LogP contribution in [-0.2, 0) is 11.3 Å². The predicted molar refractivity (Wildman–Crippen MR) is 69.0 cm³/mol. The summed E-state index contributed by atoms with van der Waals surface area (Å²) < 4.78 is 13.1. The van der Waals surface area contributed by atoms with Gasteiger partial charge >= 0.3 is 5.97 Å². The molecule has 0 heterocycles. The zero-order valence-corrected chi connectivity index (χ0v) is 10.9. The van der Waals surface area contributed by atoms with Crippen LogP contribution in [0.4, 0.5) is 4.39 Å². The van der Waals surface area contributed by atoms with Gasteiger partial charge in [0.05, 0.1) is 0 Å². The van der Waals surface area contributed by atoms with E-state index in [9.17, 15) is 9.18 Å². The number of benzene rings is 1. The molecule has 0 aliphatic heterocycles. The molecule has 4 heteroatoms. The minimum absolute atomic E-state index is 0.178. The number of aryl methyl sites for hydroxylation is 1. The molecule has 0 fully saturated rings. The summed E-state index contributed by atoms with van der Waals surface area (Å²) in [5.74, 6) is -0.922. The Labute approximate surface area is 107 Å². The van der Waals surface area contributed by atoms with E-state index in [1.54, 1.807) is 13.0 Å². The summed E-state index contributed by atoms with van der Waals surface area (Å²) in [6.07, 6.45) is 1.79. The first kappa shape index (κ1) is 14.6. The maximum atomic E-state index is 13.1. The highest BCUT2D eigenvalue weighted by Gasteiger charge is 2.04. The van der Waals surface area contributed by atoms with Gasteiger partial charge in [-0.2, -0.15) is 0 Å². The largest absolute Gasteiger partial charge is 0.481 e. The first-order valence-electron chi connectivity index (χ1n) is 6.14. The van der Waals surface area contributed by atoms with Crippen molar-refractivity contribution in [3.05, 3.63) is 35.1 Å². The van der Waals surface area contributed by atoms with Gasteiger partial charge in [0.2, 0.25) is 0 Å². The summed E-state index contributed by atoms with van der Waals surface area (Å²) in [5.41, 5.74) is 1.74. The predicted octanol–water partition coefficient (Wildman–Crippen LogP) is 2.82. The molecule has 0 amide bonds. The lowest BCUT2D eigenvalue weighted by atomic mass is 10.1. The smallest absolute Gasteiger partial charge is 0.303 e. The second kappa shape index (κ2) is 7.11. The molecule has 0 bridgehead atoms. The fourth-order valence-electron chi connectivity index (χ4n) is 1.85. The molecule has 0 spiro atoms. The van der Waals surface area contributed by atoms with E-state index in [-0.39, 0.29) is 12.2 Å². The molecule has 1 rings (SSSR count). The minimum Gasteiger partial charge on any atom is -0.481 e. The lowest BCUT2D eigenvalue weighted by Crippen LogP contribution is -2.19. The number of unbranched alkanes of at least 4 members (excludes halogenated alkanes) is 1. The van der Waals surface area contributed by atoms with Gasteiger partial charge in [-0.05, 0) is 50.6 Å². The Kier molecular flexibility index (Phi) is 5.78. The van der Waals surface area contributed by atoms with E-state index < -0.39 is 5.97 Å². The molecule has 1 aromatic carbocycles. The van der Waals surface area contributed by atoms with E-state index in [1.807, 2.05) is 13.1 Å². The fraction of sp³-hybridized carbons (Fsp3) is 0.500. The van der Waals surface area contributed by atoms with Gasteiger partial charge < -0.3 is 10.0 Å². The van der Waals surface area contributed by atoms with Crippen LogP contribution in [0.1, 0.15) is 30.4 Å². The van der Waals surface area contributed by atoms with Crippen molar-refractivity contribution in [3.63, 3.8) is 0 Å². The minimum atomic E-state index is -0.744. The van der Waals surface area contributed by atoms with E-state index in [0.717, 1.165) is 25.1 Å². The molecule has 0 atom stereocenters. The molecule has 0 saturated carbocycles. The van der Waals surface area contributed by atoms with Crippen molar-refractivity contribution in [2.24, 2.45) is 0 Å². The van der Waals surface area contributed by atoms with Gasteiger partial charge in [-0.3, -0.25) is 4.79 Å². The Bertz CT molecular complexity index is 407. The van der Waals surface area contributed by atoms with Gasteiger partial charge in [-0.25, -0.2) is 4.39 Å². The van der Waals surface area contributed by atoms with Crippen LogP contribution in [-0.4, -0.2) is 29.6 Å². The van der Waals surface area contributed by atoms with E-state index in [1.165, 1.54) is 6.07 Å². The van der Waals surface area contributed by atoms with Gasteiger partial charge in [0.15, 0.2) is 0 Å². The molecule has 3 nitrogen and oxygen atoms in total. The molecule has 0 aromatic heterocycles. The molecular weight excluding hydrogens is 233 g/mol. The van der Waals surface area contributed by atoms with Crippen LogP contribution < -0.4 is 0 Å². The number of carboxylic acids is 1. The monoisotopic (exact) mass is 253 g/mol. The Morgan fingerprint density at radius 2 is 2.11 bits per heavy atom. The van der Waals surface area contributed by atoms with Crippen molar-refractivity contribution >= 4 is 5.97 Å². The van der Waals surface area contributed by atoms with Crippen molar-refractivity contribution in [2.75, 3.05) is 13.6 Å². The van der Waals surface area contributed by atoms with Crippen molar-refractivity contribution in [1.82, 2.24) is 4.90 Å². The molecule has 0 aliphatic carbocycles. The number of nitrogens with zero attached hydrogens (tertiary/aromatic N) is 1. The van der Waals surface area contributed by atoms with Crippen LogP contribution in [0.15, 0.2) is 18.2 Å². The molecule has 1 N–H and O–H groups in total. The number of hydrogen-bond donors (Lipinski definition) is 1. The Balaban J connectivity index is 2.33. The standard InChI is InChI=1S/C14H20FNO2/c1-11-9-12(6-7-13(11)15)10-16(2)8-4-3-5-14(17)18/h6-7,9H,3-5,8,10H2,1-2H3,(H,17,18). The number of halogens is 1. The second-order valence-corrected chi connectivity index (χ2v) is 4.67. The normalized spacial score (nSPS) is 10.9. The maximum absolute atomic E-state index is 13.1. The van der Waals surface area contributed by atoms with Gasteiger partial charge in [0.1, 0.15) is 5.82 Å². The highest BCUT2D eigenvalue weighted by atomic mass is 19.1. The molecule has 0 unspecified atom stereocenters. The number of carboxylic acid groups (broad SMARTS) is 1. The Morgan fingerprint density at radius 1 is 1.39 bits per heavy atom. The molecule has 0 aliphatic rings. The van der Waals surface area contributed by atoms with Crippen LogP contribution in [0.3, 0.4) is 0 Å². The van der Waals surface area contributed by atoms with Crippen molar-refractivity contribution in [1.29, 1.82) is 0 Å². The second-order valence-electron chi connectivity index (χ2n) is 4.67. The first-order valence-corrected chi connectivity index (χ1v) is 6.14. The third kappa shape index (κ3) is 5.27. The van der Waals surface area contributed by atoms with Crippen LogP contribution in [0.2, 0.25) is 0 Å². The summed E-state index contributed by atoms with van der Waals surface area (Å²) >= 11 is 0. The highest BCUT2D eigenvalue weighted by molar-refractivity contribution is 5.66. The van der Waals surface area contributed by atoms with E-state index in [2.05, 4.69) is 4.90 Å². The topological polar surface area (TPSA) is 40.5 Å². The summed E-state index contributed by atoms with van der Waals surface area (Å²) in [5, 5.41) is 8.52. The quantitative estimate of drug-likeness (QED) is 0.760. The molecular formula is C14H20FNO2. The average molecular weight is 253 g/mol. The number of rotatable bonds is 7. The van der Waals surface area contributed by atoms with Gasteiger partial charge in [0, 0.05) is 13.0 Å². The summed E-state index contributed by atoms with van der Waals surface area (Å²) in [4.78, 5) is 12.5. The lowest BCUT2D eigenvalue weighted by Gasteiger charge is -2.16. The summed E-state index contributed by atoms with van der Waals surface area (Å²) in [6.45, 7) is 3.36. The number of hydrogen-bond acceptors (Lipinski definition) is 2. The van der Waals surface area contributed by atoms with Crippen molar-refractivity contribution < 1.29 is 14.3 Å². The lowest BCUT2D eigenvalue weighted by molar-refractivity contribution is -0.137. The first-order chi connectivity index (χ1) is 8.49. The SMILES string of the molecule is Cc1cc(CN(C)CCCCC(=O)O)ccc1F. The number of aliphatic carboxylic acids is 1. The van der Waals surface area contributed by atoms with Crippen molar-refractivity contribution in [3.8, 4) is 0 Å². The van der Waals surface area contributed by atoms with Gasteiger partial charge in [-0.15, -0.1) is 0 Å². The Hall–Kier alpha value is -1.42. The van der Waals surface area contributed by atoms with E-state index in [4.69, 9.17) is 5.11 Å². The van der Waals surface area contributed by atoms with Gasteiger partial charge in [-0.1, -0.05) is 12.1 Å². The van der Waals surface area contributed by atoms with Gasteiger partial charge in [0.25, 0.3) is 0 Å². The average Bonchev–Trinajstić information content (AvgIpc) is 2.29. The molecule has 0 radical (unpaired) electrons. The van der Waals surface area contributed by atoms with E-state index in [0.29, 0.717) is 12.0 Å². The maximum Gasteiger partial charge on any atom is 0.303 e. The van der Waals surface area contributed by atoms with E-state index >= 15 is 0 Å². The zero-order valence-electron chi connectivity index (χ0n) is 10.9.